The minimum absolute atomic E-state index is 0.124. The van der Waals surface area contributed by atoms with Gasteiger partial charge in [-0.1, -0.05) is 18.2 Å². The summed E-state index contributed by atoms with van der Waals surface area (Å²) in [5.41, 5.74) is 1.54. The van der Waals surface area contributed by atoms with Crippen molar-refractivity contribution in [3.63, 3.8) is 0 Å². The quantitative estimate of drug-likeness (QED) is 0.876. The summed E-state index contributed by atoms with van der Waals surface area (Å²) in [6, 6.07) is 10.9. The Bertz CT molecular complexity index is 736. The van der Waals surface area contributed by atoms with Crippen molar-refractivity contribution in [1.82, 2.24) is 10.3 Å². The highest BCUT2D eigenvalue weighted by Gasteiger charge is 2.22. The predicted octanol–water partition coefficient (Wildman–Crippen LogP) is 1.42. The van der Waals surface area contributed by atoms with Gasteiger partial charge in [-0.15, -0.1) is 0 Å². The number of carbonyl (C=O) groups excluding carboxylic acids is 1. The van der Waals surface area contributed by atoms with Crippen molar-refractivity contribution in [2.24, 2.45) is 0 Å². The van der Waals surface area contributed by atoms with Gasteiger partial charge in [-0.3, -0.25) is 9.59 Å². The van der Waals surface area contributed by atoms with Crippen LogP contribution < -0.4 is 15.6 Å². The summed E-state index contributed by atoms with van der Waals surface area (Å²) >= 11 is 0. The number of aromatic nitrogens is 1. The number of hydrogen-bond donors (Lipinski definition) is 2. The van der Waals surface area contributed by atoms with Crippen LogP contribution in [0.4, 0.5) is 0 Å². The van der Waals surface area contributed by atoms with Crippen LogP contribution in [-0.2, 0) is 6.42 Å². The van der Waals surface area contributed by atoms with Crippen molar-refractivity contribution in [3.8, 4) is 5.75 Å². The molecule has 1 amide bonds. The molecular weight excluding hydrogens is 268 g/mol. The van der Waals surface area contributed by atoms with Crippen molar-refractivity contribution < 1.29 is 9.53 Å². The molecule has 0 radical (unpaired) electrons. The zero-order valence-corrected chi connectivity index (χ0v) is 11.7. The van der Waals surface area contributed by atoms with Crippen LogP contribution in [0, 0.1) is 6.92 Å². The number of rotatable bonds is 2. The fraction of sp³-hybridized carbons (Fsp3) is 0.250. The molecule has 0 bridgehead atoms. The SMILES string of the molecule is Cc1ccc(C(=O)N[C@H]2COc3ccccc3C2)c(=O)[nH]1. The Morgan fingerprint density at radius 2 is 2.10 bits per heavy atom. The molecule has 2 heterocycles. The topological polar surface area (TPSA) is 71.2 Å². The number of aromatic amines is 1. The zero-order valence-electron chi connectivity index (χ0n) is 11.7. The Morgan fingerprint density at radius 3 is 2.90 bits per heavy atom. The molecule has 1 aromatic carbocycles. The number of para-hydroxylation sites is 1. The largest absolute Gasteiger partial charge is 0.491 e. The van der Waals surface area contributed by atoms with Crippen LogP contribution in [0.1, 0.15) is 21.6 Å². The average molecular weight is 284 g/mol. The maximum Gasteiger partial charge on any atom is 0.260 e. The van der Waals surface area contributed by atoms with E-state index in [1.165, 1.54) is 0 Å². The van der Waals surface area contributed by atoms with E-state index in [0.717, 1.165) is 17.0 Å². The normalized spacial score (nSPS) is 16.7. The van der Waals surface area contributed by atoms with Gasteiger partial charge in [0.25, 0.3) is 11.5 Å². The molecule has 0 fully saturated rings. The van der Waals surface area contributed by atoms with E-state index in [4.69, 9.17) is 4.74 Å². The minimum Gasteiger partial charge on any atom is -0.491 e. The van der Waals surface area contributed by atoms with Gasteiger partial charge < -0.3 is 15.0 Å². The molecule has 2 aromatic rings. The minimum atomic E-state index is -0.371. The summed E-state index contributed by atoms with van der Waals surface area (Å²) in [5, 5.41) is 2.85. The van der Waals surface area contributed by atoms with Gasteiger partial charge in [-0.2, -0.15) is 0 Å². The molecule has 1 aliphatic rings. The Kier molecular flexibility index (Phi) is 3.48. The van der Waals surface area contributed by atoms with Gasteiger partial charge >= 0.3 is 0 Å². The molecule has 1 atom stereocenters. The van der Waals surface area contributed by atoms with Crippen LogP contribution in [0.2, 0.25) is 0 Å². The number of benzene rings is 1. The van der Waals surface area contributed by atoms with E-state index in [2.05, 4.69) is 10.3 Å². The molecule has 5 heteroatoms. The van der Waals surface area contributed by atoms with Crippen LogP contribution in [0.5, 0.6) is 5.75 Å². The van der Waals surface area contributed by atoms with Crippen LogP contribution in [0.25, 0.3) is 0 Å². The second-order valence-corrected chi connectivity index (χ2v) is 5.18. The second kappa shape index (κ2) is 5.44. The third-order valence-corrected chi connectivity index (χ3v) is 3.51. The Labute approximate surface area is 122 Å². The first-order valence-corrected chi connectivity index (χ1v) is 6.85. The molecular formula is C16H16N2O3. The van der Waals surface area contributed by atoms with Crippen LogP contribution in [-0.4, -0.2) is 23.5 Å². The number of hydrogen-bond acceptors (Lipinski definition) is 3. The number of fused-ring (bicyclic) bond motifs is 1. The third kappa shape index (κ3) is 2.81. The highest BCUT2D eigenvalue weighted by molar-refractivity contribution is 5.94. The van der Waals surface area contributed by atoms with Crippen molar-refractivity contribution in [1.29, 1.82) is 0 Å². The Hall–Kier alpha value is -2.56. The fourth-order valence-electron chi connectivity index (χ4n) is 2.43. The van der Waals surface area contributed by atoms with Gasteiger partial charge in [0, 0.05) is 5.69 Å². The maximum absolute atomic E-state index is 12.2. The summed E-state index contributed by atoms with van der Waals surface area (Å²) < 4.78 is 5.62. The summed E-state index contributed by atoms with van der Waals surface area (Å²) in [7, 11) is 0. The zero-order chi connectivity index (χ0) is 14.8. The van der Waals surface area contributed by atoms with Crippen molar-refractivity contribution in [3.05, 3.63) is 63.6 Å². The highest BCUT2D eigenvalue weighted by Crippen LogP contribution is 2.23. The molecule has 0 unspecified atom stereocenters. The molecule has 2 N–H and O–H groups in total. The summed E-state index contributed by atoms with van der Waals surface area (Å²) in [6.07, 6.45) is 0.700. The van der Waals surface area contributed by atoms with E-state index < -0.39 is 0 Å². The lowest BCUT2D eigenvalue weighted by Gasteiger charge is -2.25. The molecule has 0 saturated heterocycles. The first-order valence-electron chi connectivity index (χ1n) is 6.85. The Balaban J connectivity index is 1.73. The van der Waals surface area contributed by atoms with Crippen molar-refractivity contribution in [2.45, 2.75) is 19.4 Å². The number of aryl methyl sites for hydroxylation is 1. The summed E-state index contributed by atoms with van der Waals surface area (Å²) in [5.74, 6) is 0.486. The van der Waals surface area contributed by atoms with Crippen molar-refractivity contribution >= 4 is 5.91 Å². The number of H-pyrrole nitrogens is 1. The lowest BCUT2D eigenvalue weighted by molar-refractivity contribution is 0.0914. The smallest absolute Gasteiger partial charge is 0.260 e. The maximum atomic E-state index is 12.2. The fourth-order valence-corrected chi connectivity index (χ4v) is 2.43. The standard InChI is InChI=1S/C16H16N2O3/c1-10-6-7-13(15(19)17-10)16(20)18-12-8-11-4-2-3-5-14(11)21-9-12/h2-7,12H,8-9H2,1H3,(H,17,19)(H,18,20)/t12-/m1/s1. The Morgan fingerprint density at radius 1 is 1.29 bits per heavy atom. The predicted molar refractivity (Wildman–Crippen MR) is 78.7 cm³/mol. The number of ether oxygens (including phenoxy) is 1. The summed E-state index contributed by atoms with van der Waals surface area (Å²) in [4.78, 5) is 26.6. The lowest BCUT2D eigenvalue weighted by Crippen LogP contribution is -2.44. The molecule has 0 saturated carbocycles. The number of carbonyl (C=O) groups is 1. The van der Waals surface area contributed by atoms with Gasteiger partial charge in [-0.05, 0) is 37.1 Å². The number of amides is 1. The molecule has 1 aliphatic heterocycles. The van der Waals surface area contributed by atoms with E-state index in [1.54, 1.807) is 19.1 Å². The van der Waals surface area contributed by atoms with Crippen LogP contribution >= 0.6 is 0 Å². The molecule has 0 aliphatic carbocycles. The van der Waals surface area contributed by atoms with Crippen LogP contribution in [0.3, 0.4) is 0 Å². The molecule has 108 valence electrons. The van der Waals surface area contributed by atoms with E-state index in [9.17, 15) is 9.59 Å². The van der Waals surface area contributed by atoms with E-state index in [0.29, 0.717) is 13.0 Å². The molecule has 21 heavy (non-hydrogen) atoms. The molecule has 1 aromatic heterocycles. The third-order valence-electron chi connectivity index (χ3n) is 3.51. The molecule has 0 spiro atoms. The van der Waals surface area contributed by atoms with Crippen LogP contribution in [0.15, 0.2) is 41.2 Å². The first kappa shape index (κ1) is 13.4. The first-order chi connectivity index (χ1) is 10.1. The van der Waals surface area contributed by atoms with Gasteiger partial charge in [0.15, 0.2) is 0 Å². The van der Waals surface area contributed by atoms with Crippen molar-refractivity contribution in [2.75, 3.05) is 6.61 Å². The van der Waals surface area contributed by atoms with E-state index >= 15 is 0 Å². The monoisotopic (exact) mass is 284 g/mol. The number of pyridine rings is 1. The van der Waals surface area contributed by atoms with Gasteiger partial charge in [0.2, 0.25) is 0 Å². The summed E-state index contributed by atoms with van der Waals surface area (Å²) in [6.45, 7) is 2.18. The molecule has 3 rings (SSSR count). The highest BCUT2D eigenvalue weighted by atomic mass is 16.5. The second-order valence-electron chi connectivity index (χ2n) is 5.18. The van der Waals surface area contributed by atoms with E-state index in [-0.39, 0.29) is 23.1 Å². The molecule has 5 nitrogen and oxygen atoms in total. The number of nitrogens with one attached hydrogen (secondary N) is 2. The van der Waals surface area contributed by atoms with Gasteiger partial charge in [0.05, 0.1) is 6.04 Å². The van der Waals surface area contributed by atoms with Gasteiger partial charge in [0.1, 0.15) is 17.9 Å². The van der Waals surface area contributed by atoms with Gasteiger partial charge in [-0.25, -0.2) is 0 Å². The average Bonchev–Trinajstić information content (AvgIpc) is 2.47. The van der Waals surface area contributed by atoms with E-state index in [1.807, 2.05) is 24.3 Å². The lowest BCUT2D eigenvalue weighted by atomic mass is 10.0.